The van der Waals surface area contributed by atoms with E-state index in [4.69, 9.17) is 0 Å². The molecule has 0 saturated heterocycles. The van der Waals surface area contributed by atoms with Crippen molar-refractivity contribution < 1.29 is 10.0 Å². The molecule has 1 N–H and O–H groups in total. The van der Waals surface area contributed by atoms with Gasteiger partial charge < -0.3 is 5.11 Å². The predicted octanol–water partition coefficient (Wildman–Crippen LogP) is 4.91. The number of halogens is 1. The Morgan fingerprint density at radius 2 is 1.52 bits per heavy atom. The lowest BCUT2D eigenvalue weighted by Crippen LogP contribution is -1.97. The SMILES string of the molecule is O=[N+]([O-])c1cc(Br)c(O)c(/C=N/N=C2c3ccccc3-c3ccccc32)c1. The molecule has 0 aromatic heterocycles. The summed E-state index contributed by atoms with van der Waals surface area (Å²) in [6.45, 7) is 0. The van der Waals surface area contributed by atoms with Crippen molar-refractivity contribution in [3.8, 4) is 16.9 Å². The number of nitro groups is 1. The van der Waals surface area contributed by atoms with E-state index in [2.05, 4.69) is 26.1 Å². The van der Waals surface area contributed by atoms with Crippen molar-refractivity contribution in [1.29, 1.82) is 0 Å². The summed E-state index contributed by atoms with van der Waals surface area (Å²) in [5.41, 5.74) is 4.90. The Labute approximate surface area is 162 Å². The van der Waals surface area contributed by atoms with E-state index in [1.807, 2.05) is 48.5 Å². The lowest BCUT2D eigenvalue weighted by atomic mass is 10.1. The molecule has 4 rings (SSSR count). The van der Waals surface area contributed by atoms with Crippen LogP contribution in [0.25, 0.3) is 11.1 Å². The molecule has 0 radical (unpaired) electrons. The molecule has 0 unspecified atom stereocenters. The molecule has 0 fully saturated rings. The molecular weight excluding hydrogens is 410 g/mol. The molecule has 1 aliphatic rings. The second-order valence-electron chi connectivity index (χ2n) is 5.91. The van der Waals surface area contributed by atoms with Gasteiger partial charge in [0.2, 0.25) is 0 Å². The number of nitro benzene ring substituents is 1. The third-order valence-corrected chi connectivity index (χ3v) is 4.90. The molecule has 0 amide bonds. The Balaban J connectivity index is 1.77. The monoisotopic (exact) mass is 421 g/mol. The zero-order valence-corrected chi connectivity index (χ0v) is 15.4. The number of hydrogen-bond donors (Lipinski definition) is 1. The number of benzene rings is 3. The molecule has 27 heavy (non-hydrogen) atoms. The van der Waals surface area contributed by atoms with E-state index in [1.165, 1.54) is 18.3 Å². The van der Waals surface area contributed by atoms with Crippen molar-refractivity contribution in [3.63, 3.8) is 0 Å². The first-order valence-electron chi connectivity index (χ1n) is 8.03. The van der Waals surface area contributed by atoms with Crippen molar-refractivity contribution >= 4 is 33.5 Å². The Kier molecular flexibility index (Phi) is 4.29. The van der Waals surface area contributed by atoms with E-state index in [1.54, 1.807) is 0 Å². The normalized spacial score (nSPS) is 12.1. The third kappa shape index (κ3) is 3.02. The van der Waals surface area contributed by atoms with E-state index in [0.29, 0.717) is 0 Å². The van der Waals surface area contributed by atoms with Gasteiger partial charge in [0.15, 0.2) is 0 Å². The molecule has 0 atom stereocenters. The number of aromatic hydroxyl groups is 1. The van der Waals surface area contributed by atoms with Gasteiger partial charge in [-0.05, 0) is 27.1 Å². The van der Waals surface area contributed by atoms with Crippen LogP contribution in [0, 0.1) is 10.1 Å². The van der Waals surface area contributed by atoms with Crippen LogP contribution in [0.4, 0.5) is 5.69 Å². The van der Waals surface area contributed by atoms with Crippen LogP contribution in [0.2, 0.25) is 0 Å². The van der Waals surface area contributed by atoms with Crippen LogP contribution in [-0.2, 0) is 0 Å². The van der Waals surface area contributed by atoms with Crippen LogP contribution in [0.1, 0.15) is 16.7 Å². The lowest BCUT2D eigenvalue weighted by molar-refractivity contribution is -0.385. The highest BCUT2D eigenvalue weighted by atomic mass is 79.9. The third-order valence-electron chi connectivity index (χ3n) is 4.30. The van der Waals surface area contributed by atoms with Gasteiger partial charge in [-0.25, -0.2) is 0 Å². The van der Waals surface area contributed by atoms with Crippen molar-refractivity contribution in [2.75, 3.05) is 0 Å². The zero-order chi connectivity index (χ0) is 19.0. The summed E-state index contributed by atoms with van der Waals surface area (Å²) in [6.07, 6.45) is 1.31. The molecule has 132 valence electrons. The molecule has 3 aromatic carbocycles. The summed E-state index contributed by atoms with van der Waals surface area (Å²) in [5, 5.41) is 29.5. The molecule has 0 heterocycles. The van der Waals surface area contributed by atoms with Gasteiger partial charge in [0.1, 0.15) is 11.5 Å². The van der Waals surface area contributed by atoms with Gasteiger partial charge in [0.05, 0.1) is 15.6 Å². The summed E-state index contributed by atoms with van der Waals surface area (Å²) in [4.78, 5) is 10.5. The molecule has 0 aliphatic heterocycles. The maximum absolute atomic E-state index is 11.0. The van der Waals surface area contributed by atoms with Crippen molar-refractivity contribution in [2.45, 2.75) is 0 Å². The first-order chi connectivity index (χ1) is 13.1. The molecule has 0 saturated carbocycles. The molecule has 7 heteroatoms. The number of rotatable bonds is 3. The lowest BCUT2D eigenvalue weighted by Gasteiger charge is -2.02. The fourth-order valence-corrected chi connectivity index (χ4v) is 3.52. The molecule has 3 aromatic rings. The van der Waals surface area contributed by atoms with E-state index in [9.17, 15) is 15.2 Å². The minimum absolute atomic E-state index is 0.128. The van der Waals surface area contributed by atoms with Crippen LogP contribution in [0.15, 0.2) is 75.3 Å². The van der Waals surface area contributed by atoms with Gasteiger partial charge in [-0.3, -0.25) is 10.1 Å². The number of phenols is 1. The van der Waals surface area contributed by atoms with Crippen molar-refractivity contribution in [3.05, 3.63) is 91.9 Å². The highest BCUT2D eigenvalue weighted by Crippen LogP contribution is 2.36. The Morgan fingerprint density at radius 3 is 2.07 bits per heavy atom. The summed E-state index contributed by atoms with van der Waals surface area (Å²) in [7, 11) is 0. The maximum atomic E-state index is 11.0. The van der Waals surface area contributed by atoms with Gasteiger partial charge in [-0.2, -0.15) is 5.10 Å². The van der Waals surface area contributed by atoms with Crippen LogP contribution >= 0.6 is 15.9 Å². The minimum atomic E-state index is -0.531. The number of nitrogens with zero attached hydrogens (tertiary/aromatic N) is 3. The highest BCUT2D eigenvalue weighted by Gasteiger charge is 2.23. The van der Waals surface area contributed by atoms with E-state index in [-0.39, 0.29) is 21.5 Å². The Bertz CT molecular complexity index is 1090. The summed E-state index contributed by atoms with van der Waals surface area (Å²) in [5.74, 6) is -0.128. The summed E-state index contributed by atoms with van der Waals surface area (Å²) >= 11 is 3.11. The van der Waals surface area contributed by atoms with Crippen molar-refractivity contribution in [2.24, 2.45) is 10.2 Å². The van der Waals surface area contributed by atoms with Gasteiger partial charge in [-0.15, -0.1) is 5.10 Å². The average molecular weight is 422 g/mol. The quantitative estimate of drug-likeness (QED) is 0.289. The molecule has 0 bridgehead atoms. The standard InChI is InChI=1S/C20H12BrN3O3/c21-18-10-13(24(26)27)9-12(20(18)25)11-22-23-19-16-7-3-1-5-14(16)15-6-2-4-8-17(15)19/h1-11,25H/b22-11+. The predicted molar refractivity (Wildman–Crippen MR) is 108 cm³/mol. The van der Waals surface area contributed by atoms with Crippen LogP contribution in [0.5, 0.6) is 5.75 Å². The van der Waals surface area contributed by atoms with Gasteiger partial charge in [0.25, 0.3) is 5.69 Å². The Hall–Kier alpha value is -3.32. The maximum Gasteiger partial charge on any atom is 0.271 e. The molecule has 1 aliphatic carbocycles. The van der Waals surface area contributed by atoms with Crippen molar-refractivity contribution in [1.82, 2.24) is 0 Å². The zero-order valence-electron chi connectivity index (χ0n) is 13.8. The molecule has 6 nitrogen and oxygen atoms in total. The number of fused-ring (bicyclic) bond motifs is 3. The summed E-state index contributed by atoms with van der Waals surface area (Å²) in [6, 6.07) is 18.3. The second-order valence-corrected chi connectivity index (χ2v) is 6.76. The van der Waals surface area contributed by atoms with Gasteiger partial charge in [-0.1, -0.05) is 48.5 Å². The molecular formula is C20H12BrN3O3. The number of non-ortho nitro benzene ring substituents is 1. The smallest absolute Gasteiger partial charge is 0.271 e. The first kappa shape index (κ1) is 17.1. The summed E-state index contributed by atoms with van der Waals surface area (Å²) < 4.78 is 0.224. The van der Waals surface area contributed by atoms with E-state index < -0.39 is 4.92 Å². The van der Waals surface area contributed by atoms with Gasteiger partial charge in [0, 0.05) is 28.8 Å². The fourth-order valence-electron chi connectivity index (χ4n) is 3.06. The highest BCUT2D eigenvalue weighted by molar-refractivity contribution is 9.10. The van der Waals surface area contributed by atoms with Crippen LogP contribution < -0.4 is 0 Å². The van der Waals surface area contributed by atoms with Gasteiger partial charge >= 0.3 is 0 Å². The second kappa shape index (κ2) is 6.77. The first-order valence-corrected chi connectivity index (χ1v) is 8.82. The van der Waals surface area contributed by atoms with E-state index in [0.717, 1.165) is 28.0 Å². The topological polar surface area (TPSA) is 88.1 Å². The Morgan fingerprint density at radius 1 is 0.963 bits per heavy atom. The van der Waals surface area contributed by atoms with Crippen LogP contribution in [-0.4, -0.2) is 22.0 Å². The largest absolute Gasteiger partial charge is 0.506 e. The minimum Gasteiger partial charge on any atom is -0.506 e. The average Bonchev–Trinajstić information content (AvgIpc) is 2.99. The van der Waals surface area contributed by atoms with E-state index >= 15 is 0 Å². The fraction of sp³-hybridized carbons (Fsp3) is 0. The number of phenolic OH excluding ortho intramolecular Hbond substituents is 1. The molecule has 0 spiro atoms. The number of hydrogen-bond acceptors (Lipinski definition) is 5. The van der Waals surface area contributed by atoms with Crippen LogP contribution in [0.3, 0.4) is 0 Å².